The molecule has 9 heteroatoms. The number of morpholine rings is 1. The van der Waals surface area contributed by atoms with Crippen LogP contribution in [0, 0.1) is 0 Å². The van der Waals surface area contributed by atoms with E-state index in [9.17, 15) is 4.79 Å². The minimum Gasteiger partial charge on any atom is -0.378 e. The number of ether oxygens (including phenoxy) is 1. The SMILES string of the molecule is O=C(Cc1csc(-c2ccsc2)n1)Nc1ccc2nc(N3CCOCC3)sc2c1. The Kier molecular flexibility index (Phi) is 5.28. The topological polar surface area (TPSA) is 67.4 Å². The lowest BCUT2D eigenvalue weighted by molar-refractivity contribution is -0.115. The van der Waals surface area contributed by atoms with Gasteiger partial charge >= 0.3 is 0 Å². The summed E-state index contributed by atoms with van der Waals surface area (Å²) in [6.45, 7) is 3.21. The molecule has 1 fully saturated rings. The second-order valence-electron chi connectivity index (χ2n) is 6.66. The van der Waals surface area contributed by atoms with Crippen LogP contribution in [0.4, 0.5) is 10.8 Å². The van der Waals surface area contributed by atoms with Crippen LogP contribution >= 0.6 is 34.0 Å². The number of rotatable bonds is 5. The molecule has 0 saturated carbocycles. The first-order valence-corrected chi connectivity index (χ1v) is 11.9. The summed E-state index contributed by atoms with van der Waals surface area (Å²) in [6, 6.07) is 7.90. The van der Waals surface area contributed by atoms with E-state index in [1.165, 1.54) is 0 Å². The summed E-state index contributed by atoms with van der Waals surface area (Å²) in [7, 11) is 0. The zero-order valence-electron chi connectivity index (χ0n) is 15.5. The van der Waals surface area contributed by atoms with Crippen molar-refractivity contribution in [3.05, 3.63) is 46.1 Å². The molecule has 0 unspecified atom stereocenters. The summed E-state index contributed by atoms with van der Waals surface area (Å²) in [5.74, 6) is -0.0653. The van der Waals surface area contributed by atoms with E-state index in [2.05, 4.69) is 20.6 Å². The molecular weight excluding hydrogens is 424 g/mol. The molecule has 1 N–H and O–H groups in total. The van der Waals surface area contributed by atoms with E-state index in [0.29, 0.717) is 0 Å². The Labute approximate surface area is 179 Å². The largest absolute Gasteiger partial charge is 0.378 e. The molecule has 1 aliphatic rings. The maximum Gasteiger partial charge on any atom is 0.230 e. The Balaban J connectivity index is 1.26. The Morgan fingerprint density at radius 3 is 2.90 bits per heavy atom. The molecule has 5 rings (SSSR count). The van der Waals surface area contributed by atoms with Crippen LogP contribution in [0.25, 0.3) is 20.8 Å². The highest BCUT2D eigenvalue weighted by molar-refractivity contribution is 7.22. The van der Waals surface area contributed by atoms with Crippen molar-refractivity contribution in [2.45, 2.75) is 6.42 Å². The van der Waals surface area contributed by atoms with Crippen LogP contribution < -0.4 is 10.2 Å². The smallest absolute Gasteiger partial charge is 0.230 e. The number of nitrogens with zero attached hydrogens (tertiary/aromatic N) is 3. The molecule has 0 atom stereocenters. The molecule has 29 heavy (non-hydrogen) atoms. The Hall–Kier alpha value is -2.33. The molecule has 4 aromatic rings. The van der Waals surface area contributed by atoms with Crippen molar-refractivity contribution < 1.29 is 9.53 Å². The number of hydrogen-bond acceptors (Lipinski definition) is 8. The number of hydrogen-bond donors (Lipinski definition) is 1. The van der Waals surface area contributed by atoms with E-state index in [1.54, 1.807) is 34.0 Å². The van der Waals surface area contributed by atoms with Crippen molar-refractivity contribution in [3.63, 3.8) is 0 Å². The summed E-state index contributed by atoms with van der Waals surface area (Å²) < 4.78 is 6.48. The number of aromatic nitrogens is 2. The number of amides is 1. The molecule has 148 valence electrons. The summed E-state index contributed by atoms with van der Waals surface area (Å²) >= 11 is 4.86. The van der Waals surface area contributed by atoms with Crippen LogP contribution in [0.2, 0.25) is 0 Å². The maximum atomic E-state index is 12.5. The quantitative estimate of drug-likeness (QED) is 0.493. The van der Waals surface area contributed by atoms with Gasteiger partial charge in [-0.05, 0) is 29.6 Å². The van der Waals surface area contributed by atoms with Gasteiger partial charge in [-0.15, -0.1) is 11.3 Å². The molecule has 3 aromatic heterocycles. The minimum absolute atomic E-state index is 0.0653. The second-order valence-corrected chi connectivity index (χ2v) is 9.31. The van der Waals surface area contributed by atoms with Gasteiger partial charge in [0.15, 0.2) is 5.13 Å². The highest BCUT2D eigenvalue weighted by Crippen LogP contribution is 2.31. The molecule has 4 heterocycles. The van der Waals surface area contributed by atoms with Crippen molar-refractivity contribution in [1.29, 1.82) is 0 Å². The van der Waals surface area contributed by atoms with E-state index in [1.807, 2.05) is 35.0 Å². The number of anilines is 2. The highest BCUT2D eigenvalue weighted by Gasteiger charge is 2.16. The molecular formula is C20H18N4O2S3. The van der Waals surface area contributed by atoms with Gasteiger partial charge in [-0.2, -0.15) is 11.3 Å². The van der Waals surface area contributed by atoms with Gasteiger partial charge in [0.1, 0.15) is 5.01 Å². The van der Waals surface area contributed by atoms with E-state index in [-0.39, 0.29) is 12.3 Å². The van der Waals surface area contributed by atoms with Crippen molar-refractivity contribution in [2.24, 2.45) is 0 Å². The van der Waals surface area contributed by atoms with Gasteiger partial charge in [-0.3, -0.25) is 4.79 Å². The van der Waals surface area contributed by atoms with Crippen LogP contribution in [0.5, 0.6) is 0 Å². The first-order valence-electron chi connectivity index (χ1n) is 9.25. The van der Waals surface area contributed by atoms with Gasteiger partial charge in [0, 0.05) is 35.1 Å². The summed E-state index contributed by atoms with van der Waals surface area (Å²) in [5.41, 5.74) is 3.64. The molecule has 0 spiro atoms. The Morgan fingerprint density at radius 1 is 1.17 bits per heavy atom. The third-order valence-corrected chi connectivity index (χ3v) is 7.31. The lowest BCUT2D eigenvalue weighted by Gasteiger charge is -2.25. The number of benzene rings is 1. The van der Waals surface area contributed by atoms with Gasteiger partial charge in [-0.25, -0.2) is 9.97 Å². The zero-order chi connectivity index (χ0) is 19.6. The van der Waals surface area contributed by atoms with E-state index < -0.39 is 0 Å². The van der Waals surface area contributed by atoms with Crippen molar-refractivity contribution in [3.8, 4) is 10.6 Å². The fraction of sp³-hybridized carbons (Fsp3) is 0.250. The highest BCUT2D eigenvalue weighted by atomic mass is 32.1. The normalized spacial score (nSPS) is 14.4. The molecule has 1 aliphatic heterocycles. The number of carbonyl (C=O) groups is 1. The number of carbonyl (C=O) groups excluding carboxylic acids is 1. The Bertz CT molecular complexity index is 1130. The van der Waals surface area contributed by atoms with E-state index in [4.69, 9.17) is 9.72 Å². The number of thiazole rings is 2. The van der Waals surface area contributed by atoms with Crippen molar-refractivity contribution in [1.82, 2.24) is 9.97 Å². The third-order valence-electron chi connectivity index (χ3n) is 4.60. The Morgan fingerprint density at radius 2 is 2.07 bits per heavy atom. The van der Waals surface area contributed by atoms with Crippen molar-refractivity contribution in [2.75, 3.05) is 36.5 Å². The summed E-state index contributed by atoms with van der Waals surface area (Å²) in [5, 5.41) is 11.0. The predicted octanol–water partition coefficient (Wildman–Crippen LogP) is 4.50. The van der Waals surface area contributed by atoms with Crippen molar-refractivity contribution >= 4 is 61.0 Å². The predicted molar refractivity (Wildman–Crippen MR) is 120 cm³/mol. The first-order chi connectivity index (χ1) is 14.2. The number of thiophene rings is 1. The molecule has 0 radical (unpaired) electrons. The molecule has 1 saturated heterocycles. The zero-order valence-corrected chi connectivity index (χ0v) is 17.9. The van der Waals surface area contributed by atoms with E-state index in [0.717, 1.165) is 63.6 Å². The fourth-order valence-corrected chi connectivity index (χ4v) is 5.75. The molecule has 0 bridgehead atoms. The average molecular weight is 443 g/mol. The van der Waals surface area contributed by atoms with Crippen LogP contribution in [0.15, 0.2) is 40.4 Å². The fourth-order valence-electron chi connectivity index (χ4n) is 3.16. The van der Waals surface area contributed by atoms with Crippen LogP contribution in [0.1, 0.15) is 5.69 Å². The summed E-state index contributed by atoms with van der Waals surface area (Å²) in [6.07, 6.45) is 0.264. The average Bonchev–Trinajstić information content (AvgIpc) is 3.48. The lowest BCUT2D eigenvalue weighted by atomic mass is 10.2. The van der Waals surface area contributed by atoms with Gasteiger partial charge in [0.05, 0.1) is 35.5 Å². The lowest BCUT2D eigenvalue weighted by Crippen LogP contribution is -2.36. The monoisotopic (exact) mass is 442 g/mol. The molecule has 1 amide bonds. The third kappa shape index (κ3) is 4.18. The van der Waals surface area contributed by atoms with Crippen LogP contribution in [-0.2, 0) is 16.0 Å². The molecule has 0 aliphatic carbocycles. The van der Waals surface area contributed by atoms with Crippen LogP contribution in [0.3, 0.4) is 0 Å². The summed E-state index contributed by atoms with van der Waals surface area (Å²) in [4.78, 5) is 24.0. The first kappa shape index (κ1) is 18.7. The van der Waals surface area contributed by atoms with Gasteiger partial charge in [0.2, 0.25) is 5.91 Å². The number of fused-ring (bicyclic) bond motifs is 1. The molecule has 1 aromatic carbocycles. The van der Waals surface area contributed by atoms with Gasteiger partial charge in [0.25, 0.3) is 0 Å². The maximum absolute atomic E-state index is 12.5. The standard InChI is InChI=1S/C20H18N4O2S3/c25-18(10-15-12-28-19(22-15)13-3-8-27-11-13)21-14-1-2-16-17(9-14)29-20(23-16)24-4-6-26-7-5-24/h1-3,8-9,11-12H,4-7,10H2,(H,21,25). The number of nitrogens with one attached hydrogen (secondary N) is 1. The molecule has 6 nitrogen and oxygen atoms in total. The van der Waals surface area contributed by atoms with Gasteiger partial charge in [-0.1, -0.05) is 11.3 Å². The van der Waals surface area contributed by atoms with Crippen LogP contribution in [-0.4, -0.2) is 42.2 Å². The van der Waals surface area contributed by atoms with Gasteiger partial charge < -0.3 is 15.0 Å². The van der Waals surface area contributed by atoms with E-state index >= 15 is 0 Å². The minimum atomic E-state index is -0.0653. The second kappa shape index (κ2) is 8.19.